The lowest BCUT2D eigenvalue weighted by Crippen LogP contribution is -2.52. The molecule has 6 heteroatoms. The van der Waals surface area contributed by atoms with Crippen molar-refractivity contribution in [3.8, 4) is 0 Å². The maximum atomic E-state index is 10.9. The van der Waals surface area contributed by atoms with Crippen molar-refractivity contribution in [2.24, 2.45) is 0 Å². The van der Waals surface area contributed by atoms with Crippen molar-refractivity contribution in [2.75, 3.05) is 20.3 Å². The lowest BCUT2D eigenvalue weighted by molar-refractivity contribution is -0.203. The van der Waals surface area contributed by atoms with Gasteiger partial charge in [-0.1, -0.05) is 0 Å². The van der Waals surface area contributed by atoms with E-state index in [1.807, 2.05) is 0 Å². The highest BCUT2D eigenvalue weighted by atomic mass is 16.6. The lowest BCUT2D eigenvalue weighted by atomic mass is 10.1. The molecule has 0 spiro atoms. The molecule has 1 aliphatic heterocycles. The summed E-state index contributed by atoms with van der Waals surface area (Å²) in [5.74, 6) is -0.881. The number of esters is 2. The topological polar surface area (TPSA) is 71.1 Å². The first-order chi connectivity index (χ1) is 7.54. The molecule has 1 heterocycles. The van der Waals surface area contributed by atoms with Crippen LogP contribution >= 0.6 is 0 Å². The van der Waals surface area contributed by atoms with Gasteiger partial charge in [0.25, 0.3) is 0 Å². The van der Waals surface area contributed by atoms with E-state index < -0.39 is 30.3 Å². The van der Waals surface area contributed by atoms with Crippen molar-refractivity contribution in [1.29, 1.82) is 0 Å². The molecule has 0 saturated carbocycles. The van der Waals surface area contributed by atoms with E-state index in [9.17, 15) is 9.59 Å². The molecule has 0 unspecified atom stereocenters. The van der Waals surface area contributed by atoms with Crippen LogP contribution in [-0.4, -0.2) is 50.6 Å². The fourth-order valence-corrected chi connectivity index (χ4v) is 1.59. The van der Waals surface area contributed by atoms with E-state index in [2.05, 4.69) is 0 Å². The normalized spacial score (nSPS) is 29.6. The summed E-state index contributed by atoms with van der Waals surface area (Å²) in [6, 6.07) is 0. The van der Waals surface area contributed by atoms with Crippen LogP contribution in [0.15, 0.2) is 0 Å². The predicted octanol–water partition coefficient (Wildman–Crippen LogP) is -0.105. The maximum absolute atomic E-state index is 10.9. The molecule has 1 saturated heterocycles. The van der Waals surface area contributed by atoms with Crippen LogP contribution in [0.25, 0.3) is 0 Å². The van der Waals surface area contributed by atoms with Crippen molar-refractivity contribution in [2.45, 2.75) is 32.2 Å². The molecule has 16 heavy (non-hydrogen) atoms. The Balaban J connectivity index is 2.69. The summed E-state index contributed by atoms with van der Waals surface area (Å²) in [7, 11) is 1.49. The minimum absolute atomic E-state index is 0.206. The van der Waals surface area contributed by atoms with E-state index in [1.165, 1.54) is 21.0 Å². The van der Waals surface area contributed by atoms with Crippen LogP contribution in [0.3, 0.4) is 0 Å². The van der Waals surface area contributed by atoms with Gasteiger partial charge in [0.2, 0.25) is 0 Å². The van der Waals surface area contributed by atoms with Crippen molar-refractivity contribution in [3.63, 3.8) is 0 Å². The molecule has 1 rings (SSSR count). The monoisotopic (exact) mass is 232 g/mol. The summed E-state index contributed by atoms with van der Waals surface area (Å²) in [6.45, 7) is 3.11. The van der Waals surface area contributed by atoms with Gasteiger partial charge in [-0.3, -0.25) is 9.59 Å². The molecular weight excluding hydrogens is 216 g/mol. The van der Waals surface area contributed by atoms with Gasteiger partial charge in [-0.2, -0.15) is 0 Å². The second-order valence-corrected chi connectivity index (χ2v) is 3.53. The molecule has 0 aliphatic carbocycles. The first-order valence-electron chi connectivity index (χ1n) is 4.99. The second-order valence-electron chi connectivity index (χ2n) is 3.53. The number of methoxy groups -OCH3 is 1. The zero-order chi connectivity index (χ0) is 12.1. The Kier molecular flexibility index (Phi) is 4.70. The minimum Gasteiger partial charge on any atom is -0.456 e. The van der Waals surface area contributed by atoms with Crippen LogP contribution in [-0.2, 0) is 28.5 Å². The first kappa shape index (κ1) is 12.9. The Morgan fingerprint density at radius 2 is 1.62 bits per heavy atom. The summed E-state index contributed by atoms with van der Waals surface area (Å²) in [6.07, 6.45) is -1.64. The van der Waals surface area contributed by atoms with Crippen LogP contribution in [0.4, 0.5) is 0 Å². The highest BCUT2D eigenvalue weighted by molar-refractivity contribution is 5.67. The van der Waals surface area contributed by atoms with Crippen LogP contribution in [0.1, 0.15) is 13.8 Å². The molecule has 0 N–H and O–H groups in total. The van der Waals surface area contributed by atoms with E-state index in [-0.39, 0.29) is 6.61 Å². The highest BCUT2D eigenvalue weighted by Gasteiger charge is 2.38. The van der Waals surface area contributed by atoms with E-state index in [0.29, 0.717) is 6.61 Å². The first-order valence-corrected chi connectivity index (χ1v) is 4.99. The van der Waals surface area contributed by atoms with Crippen molar-refractivity contribution < 1.29 is 28.5 Å². The standard InChI is InChI=1S/C10H16O6/c1-6(11)15-9-5-14-4-8(13-3)10(9)16-7(2)12/h8-10H,4-5H2,1-3H3/t8-,9+,10-/m0/s1. The summed E-state index contributed by atoms with van der Waals surface area (Å²) < 4.78 is 20.4. The van der Waals surface area contributed by atoms with Gasteiger partial charge >= 0.3 is 11.9 Å². The SMILES string of the molecule is CO[C@H]1COC[C@@H](OC(C)=O)[C@H]1OC(C)=O. The Labute approximate surface area is 93.8 Å². The number of rotatable bonds is 3. The number of hydrogen-bond donors (Lipinski definition) is 0. The molecule has 0 amide bonds. The zero-order valence-electron chi connectivity index (χ0n) is 9.60. The third kappa shape index (κ3) is 3.46. The largest absolute Gasteiger partial charge is 0.456 e. The third-order valence-electron chi connectivity index (χ3n) is 2.22. The smallest absolute Gasteiger partial charge is 0.303 e. The van der Waals surface area contributed by atoms with Crippen LogP contribution in [0.5, 0.6) is 0 Å². The number of ether oxygens (including phenoxy) is 4. The quantitative estimate of drug-likeness (QED) is 0.632. The van der Waals surface area contributed by atoms with Gasteiger partial charge in [0.1, 0.15) is 6.10 Å². The predicted molar refractivity (Wildman–Crippen MR) is 52.7 cm³/mol. The Hall–Kier alpha value is -1.14. The Morgan fingerprint density at radius 3 is 2.12 bits per heavy atom. The summed E-state index contributed by atoms with van der Waals surface area (Å²) in [5.41, 5.74) is 0. The summed E-state index contributed by atoms with van der Waals surface area (Å²) in [5, 5.41) is 0. The van der Waals surface area contributed by atoms with E-state index >= 15 is 0 Å². The van der Waals surface area contributed by atoms with Gasteiger partial charge in [0.15, 0.2) is 12.2 Å². The highest BCUT2D eigenvalue weighted by Crippen LogP contribution is 2.18. The minimum atomic E-state index is -0.611. The Bertz CT molecular complexity index is 264. The maximum Gasteiger partial charge on any atom is 0.303 e. The van der Waals surface area contributed by atoms with Crippen LogP contribution < -0.4 is 0 Å². The molecule has 3 atom stereocenters. The fourth-order valence-electron chi connectivity index (χ4n) is 1.59. The van der Waals surface area contributed by atoms with E-state index in [1.54, 1.807) is 0 Å². The van der Waals surface area contributed by atoms with Crippen LogP contribution in [0, 0.1) is 0 Å². The molecular formula is C10H16O6. The third-order valence-corrected chi connectivity index (χ3v) is 2.22. The van der Waals surface area contributed by atoms with Gasteiger partial charge in [-0.25, -0.2) is 0 Å². The van der Waals surface area contributed by atoms with Crippen molar-refractivity contribution >= 4 is 11.9 Å². The lowest BCUT2D eigenvalue weighted by Gasteiger charge is -2.35. The molecule has 6 nitrogen and oxygen atoms in total. The van der Waals surface area contributed by atoms with Crippen molar-refractivity contribution in [3.05, 3.63) is 0 Å². The molecule has 0 aromatic carbocycles. The molecule has 0 radical (unpaired) electrons. The Morgan fingerprint density at radius 1 is 1.06 bits per heavy atom. The summed E-state index contributed by atoms with van der Waals surface area (Å²) in [4.78, 5) is 21.8. The molecule has 1 aliphatic rings. The van der Waals surface area contributed by atoms with Crippen LogP contribution in [0.2, 0.25) is 0 Å². The molecule has 1 fully saturated rings. The summed E-state index contributed by atoms with van der Waals surface area (Å²) >= 11 is 0. The zero-order valence-corrected chi connectivity index (χ0v) is 9.60. The van der Waals surface area contributed by atoms with E-state index in [0.717, 1.165) is 0 Å². The van der Waals surface area contributed by atoms with Gasteiger partial charge in [-0.15, -0.1) is 0 Å². The van der Waals surface area contributed by atoms with Gasteiger partial charge in [-0.05, 0) is 0 Å². The van der Waals surface area contributed by atoms with Gasteiger partial charge < -0.3 is 18.9 Å². The molecule has 0 bridgehead atoms. The molecule has 0 aromatic rings. The van der Waals surface area contributed by atoms with E-state index in [4.69, 9.17) is 18.9 Å². The number of carbonyl (C=O) groups is 2. The number of carbonyl (C=O) groups excluding carboxylic acids is 2. The molecule has 0 aromatic heterocycles. The van der Waals surface area contributed by atoms with Gasteiger partial charge in [0, 0.05) is 21.0 Å². The van der Waals surface area contributed by atoms with Crippen molar-refractivity contribution in [1.82, 2.24) is 0 Å². The molecule has 92 valence electrons. The van der Waals surface area contributed by atoms with Gasteiger partial charge in [0.05, 0.1) is 13.2 Å². The average Bonchev–Trinajstić information content (AvgIpc) is 2.19. The number of hydrogen-bond acceptors (Lipinski definition) is 6. The average molecular weight is 232 g/mol. The second kappa shape index (κ2) is 5.81. The fraction of sp³-hybridized carbons (Fsp3) is 0.800.